The van der Waals surface area contributed by atoms with Gasteiger partial charge in [0.15, 0.2) is 0 Å². The van der Waals surface area contributed by atoms with E-state index in [1.54, 1.807) is 9.80 Å². The van der Waals surface area contributed by atoms with Crippen molar-refractivity contribution in [3.63, 3.8) is 0 Å². The number of fused-ring (bicyclic) bond motifs is 5. The number of nitrogens with zero attached hydrogens (tertiary/aromatic N) is 4. The van der Waals surface area contributed by atoms with Crippen LogP contribution in [0.25, 0.3) is 22.0 Å². The molecule has 0 aliphatic carbocycles. The van der Waals surface area contributed by atoms with E-state index in [2.05, 4.69) is 30.0 Å². The molecule has 0 unspecified atom stereocenters. The van der Waals surface area contributed by atoms with Crippen LogP contribution in [0.5, 0.6) is 0 Å². The van der Waals surface area contributed by atoms with Crippen LogP contribution in [0, 0.1) is 5.92 Å². The predicted octanol–water partition coefficient (Wildman–Crippen LogP) is 3.76. The Morgan fingerprint density at radius 2 is 1.88 bits per heavy atom. The first-order valence-corrected chi connectivity index (χ1v) is 14.4. The van der Waals surface area contributed by atoms with Crippen molar-refractivity contribution in [2.45, 2.75) is 51.5 Å². The van der Waals surface area contributed by atoms with Crippen molar-refractivity contribution in [2.24, 2.45) is 13.0 Å². The molecule has 214 valence electrons. The fraction of sp³-hybridized carbons (Fsp3) is 0.500. The number of hydrogen-bond donors (Lipinski definition) is 1. The number of ether oxygens (including phenoxy) is 1. The maximum absolute atomic E-state index is 14.4. The lowest BCUT2D eigenvalue weighted by molar-refractivity contribution is -0.137. The molecule has 2 amide bonds. The molecule has 8 heteroatoms. The van der Waals surface area contributed by atoms with Gasteiger partial charge in [-0.15, -0.1) is 0 Å². The Kier molecular flexibility index (Phi) is 8.31. The molecule has 1 aromatic heterocycles. The van der Waals surface area contributed by atoms with Gasteiger partial charge in [-0.3, -0.25) is 14.5 Å². The standard InChI is InChI=1S/C32H42N4O4/c1-21-17-36(22(2)19-37)32(39)30-29(25-13-8-9-14-26(25)35(30)5)24-12-7-6-11-23(24)20-40-28(21)18-34(4)31(38)27-15-10-16-33(27)3/h6-9,11-14,21-22,27-28,37H,10,15-20H2,1-5H3/t21-,22-,27-,28+/m0/s1. The average Bonchev–Trinajstić information content (AvgIpc) is 3.52. The van der Waals surface area contributed by atoms with Crippen LogP contribution in [0.2, 0.25) is 0 Å². The molecule has 5 rings (SSSR count). The summed E-state index contributed by atoms with van der Waals surface area (Å²) in [6.45, 7) is 5.92. The molecule has 2 aliphatic rings. The molecule has 2 aromatic carbocycles. The quantitative estimate of drug-likeness (QED) is 0.528. The third kappa shape index (κ3) is 5.16. The Morgan fingerprint density at radius 3 is 2.60 bits per heavy atom. The zero-order valence-corrected chi connectivity index (χ0v) is 24.3. The molecule has 3 aromatic rings. The van der Waals surface area contributed by atoms with Gasteiger partial charge in [0, 0.05) is 49.6 Å². The Bertz CT molecular complexity index is 1380. The number of carbonyl (C=O) groups excluding carboxylic acids is 2. The molecule has 2 aliphatic heterocycles. The summed E-state index contributed by atoms with van der Waals surface area (Å²) in [4.78, 5) is 33.5. The fourth-order valence-corrected chi connectivity index (χ4v) is 6.36. The number of likely N-dealkylation sites (tertiary alicyclic amines) is 1. The molecular formula is C32H42N4O4. The van der Waals surface area contributed by atoms with Crippen LogP contribution in [0.1, 0.15) is 42.7 Å². The third-order valence-electron chi connectivity index (χ3n) is 8.86. The number of benzene rings is 2. The number of rotatable bonds is 5. The molecular weight excluding hydrogens is 504 g/mol. The minimum Gasteiger partial charge on any atom is -0.394 e. The molecule has 4 atom stereocenters. The summed E-state index contributed by atoms with van der Waals surface area (Å²) in [5, 5.41) is 11.2. The Hall–Kier alpha value is -3.20. The van der Waals surface area contributed by atoms with Crippen LogP contribution in [0.3, 0.4) is 0 Å². The second kappa shape index (κ2) is 11.7. The van der Waals surface area contributed by atoms with E-state index >= 15 is 0 Å². The molecule has 0 bridgehead atoms. The van der Waals surface area contributed by atoms with E-state index in [0.717, 1.165) is 47.0 Å². The van der Waals surface area contributed by atoms with Crippen molar-refractivity contribution in [1.29, 1.82) is 0 Å². The number of aliphatic hydroxyl groups excluding tert-OH is 1. The number of hydrogen-bond acceptors (Lipinski definition) is 5. The third-order valence-corrected chi connectivity index (χ3v) is 8.86. The zero-order valence-electron chi connectivity index (χ0n) is 24.3. The van der Waals surface area contributed by atoms with Gasteiger partial charge in [0.25, 0.3) is 5.91 Å². The first-order chi connectivity index (χ1) is 19.2. The van der Waals surface area contributed by atoms with Crippen molar-refractivity contribution in [2.75, 3.05) is 40.3 Å². The summed E-state index contributed by atoms with van der Waals surface area (Å²) in [6, 6.07) is 15.7. The first kappa shape index (κ1) is 28.3. The number of likely N-dealkylation sites (N-methyl/N-ethyl adjacent to an activating group) is 2. The van der Waals surface area contributed by atoms with E-state index in [1.165, 1.54) is 0 Å². The van der Waals surface area contributed by atoms with E-state index in [9.17, 15) is 14.7 Å². The van der Waals surface area contributed by atoms with Crippen LogP contribution in [-0.4, -0.2) is 94.7 Å². The highest BCUT2D eigenvalue weighted by molar-refractivity contribution is 6.10. The van der Waals surface area contributed by atoms with Crippen LogP contribution < -0.4 is 0 Å². The van der Waals surface area contributed by atoms with Gasteiger partial charge in [0.1, 0.15) is 5.69 Å². The van der Waals surface area contributed by atoms with Crippen molar-refractivity contribution in [3.05, 3.63) is 59.8 Å². The second-order valence-electron chi connectivity index (χ2n) is 11.6. The lowest BCUT2D eigenvalue weighted by Gasteiger charge is -2.35. The highest BCUT2D eigenvalue weighted by Crippen LogP contribution is 2.38. The summed E-state index contributed by atoms with van der Waals surface area (Å²) < 4.78 is 8.62. The molecule has 40 heavy (non-hydrogen) atoms. The molecule has 0 spiro atoms. The average molecular weight is 547 g/mol. The Morgan fingerprint density at radius 1 is 1.15 bits per heavy atom. The fourth-order valence-electron chi connectivity index (χ4n) is 6.36. The molecule has 8 nitrogen and oxygen atoms in total. The van der Waals surface area contributed by atoms with Crippen molar-refractivity contribution >= 4 is 22.7 Å². The molecule has 1 fully saturated rings. The highest BCUT2D eigenvalue weighted by atomic mass is 16.5. The predicted molar refractivity (Wildman–Crippen MR) is 157 cm³/mol. The summed E-state index contributed by atoms with van der Waals surface area (Å²) in [5.41, 5.74) is 4.44. The van der Waals surface area contributed by atoms with E-state index in [1.807, 2.05) is 63.0 Å². The van der Waals surface area contributed by atoms with Crippen LogP contribution in [-0.2, 0) is 23.2 Å². The number of aryl methyl sites for hydroxylation is 1. The second-order valence-corrected chi connectivity index (χ2v) is 11.6. The van der Waals surface area contributed by atoms with Crippen molar-refractivity contribution < 1.29 is 19.4 Å². The molecule has 1 saturated heterocycles. The van der Waals surface area contributed by atoms with Crippen LogP contribution in [0.4, 0.5) is 0 Å². The lowest BCUT2D eigenvalue weighted by Crippen LogP contribution is -2.49. The van der Waals surface area contributed by atoms with Crippen molar-refractivity contribution in [3.8, 4) is 11.1 Å². The zero-order chi connectivity index (χ0) is 28.6. The van der Waals surface area contributed by atoms with Gasteiger partial charge in [-0.05, 0) is 50.6 Å². The summed E-state index contributed by atoms with van der Waals surface area (Å²) in [7, 11) is 5.80. The Balaban J connectivity index is 1.58. The SMILES string of the molecule is C[C@H]1CN([C@@H](C)CO)C(=O)c2c(c3ccccc3n2C)-c2ccccc2CO[C@@H]1CN(C)C(=O)[C@@H]1CCCN1C. The maximum atomic E-state index is 14.4. The Labute approximate surface area is 237 Å². The number of amides is 2. The summed E-state index contributed by atoms with van der Waals surface area (Å²) >= 11 is 0. The smallest absolute Gasteiger partial charge is 0.271 e. The molecule has 3 heterocycles. The number of aliphatic hydroxyl groups is 1. The van der Waals surface area contributed by atoms with Crippen molar-refractivity contribution in [1.82, 2.24) is 19.3 Å². The van der Waals surface area contributed by atoms with E-state index in [-0.39, 0.29) is 42.5 Å². The topological polar surface area (TPSA) is 78.2 Å². The van der Waals surface area contributed by atoms with Gasteiger partial charge >= 0.3 is 0 Å². The van der Waals surface area contributed by atoms with E-state index in [0.29, 0.717) is 25.4 Å². The van der Waals surface area contributed by atoms with Gasteiger partial charge in [0.2, 0.25) is 5.91 Å². The van der Waals surface area contributed by atoms with Gasteiger partial charge in [-0.2, -0.15) is 0 Å². The molecule has 0 radical (unpaired) electrons. The number of para-hydroxylation sites is 1. The summed E-state index contributed by atoms with van der Waals surface area (Å²) in [5.74, 6) is -0.0893. The van der Waals surface area contributed by atoms with Gasteiger partial charge in [0.05, 0.1) is 31.4 Å². The largest absolute Gasteiger partial charge is 0.394 e. The number of carbonyl (C=O) groups is 2. The van der Waals surface area contributed by atoms with Gasteiger partial charge in [-0.25, -0.2) is 0 Å². The van der Waals surface area contributed by atoms with Crippen LogP contribution in [0.15, 0.2) is 48.5 Å². The highest BCUT2D eigenvalue weighted by Gasteiger charge is 2.35. The maximum Gasteiger partial charge on any atom is 0.271 e. The van der Waals surface area contributed by atoms with Crippen LogP contribution >= 0.6 is 0 Å². The van der Waals surface area contributed by atoms with E-state index < -0.39 is 0 Å². The normalized spacial score (nSPS) is 23.0. The monoisotopic (exact) mass is 546 g/mol. The first-order valence-electron chi connectivity index (χ1n) is 14.4. The summed E-state index contributed by atoms with van der Waals surface area (Å²) in [6.07, 6.45) is 1.60. The van der Waals surface area contributed by atoms with Gasteiger partial charge in [-0.1, -0.05) is 49.4 Å². The number of aromatic nitrogens is 1. The lowest BCUT2D eigenvalue weighted by atomic mass is 9.96. The molecule has 0 saturated carbocycles. The molecule has 1 N–H and O–H groups in total. The van der Waals surface area contributed by atoms with E-state index in [4.69, 9.17) is 4.74 Å². The minimum absolute atomic E-state index is 0.0853. The minimum atomic E-state index is -0.385. The van der Waals surface area contributed by atoms with Gasteiger partial charge < -0.3 is 24.2 Å².